The van der Waals surface area contributed by atoms with Gasteiger partial charge in [-0.25, -0.2) is 0 Å². The number of nitrogens with one attached hydrogen (secondary N) is 1. The van der Waals surface area contributed by atoms with Gasteiger partial charge in [0.2, 0.25) is 5.91 Å². The number of hydrogen-bond donors (Lipinski definition) is 1. The van der Waals surface area contributed by atoms with Gasteiger partial charge in [-0.15, -0.1) is 11.8 Å². The molecule has 4 rings (SSSR count). The summed E-state index contributed by atoms with van der Waals surface area (Å²) >= 11 is 1.69. The third kappa shape index (κ3) is 3.66. The maximum atomic E-state index is 13.1. The van der Waals surface area contributed by atoms with Crippen molar-refractivity contribution in [3.8, 4) is 0 Å². The van der Waals surface area contributed by atoms with Gasteiger partial charge < -0.3 is 5.32 Å². The highest BCUT2D eigenvalue weighted by Crippen LogP contribution is 2.42. The normalized spacial score (nSPS) is 22.1. The third-order valence-corrected chi connectivity index (χ3v) is 6.66. The van der Waals surface area contributed by atoms with E-state index in [2.05, 4.69) is 60.8 Å². The van der Waals surface area contributed by atoms with Crippen LogP contribution in [0.1, 0.15) is 54.7 Å². The second kappa shape index (κ2) is 7.96. The van der Waals surface area contributed by atoms with Gasteiger partial charge in [-0.1, -0.05) is 43.3 Å². The molecule has 1 aliphatic carbocycles. The molecular formula is C24H25NO2S. The smallest absolute Gasteiger partial charge is 0.225 e. The third-order valence-electron chi connectivity index (χ3n) is 5.91. The number of ketones is 1. The Morgan fingerprint density at radius 2 is 1.61 bits per heavy atom. The summed E-state index contributed by atoms with van der Waals surface area (Å²) in [5.41, 5.74) is 5.18. The van der Waals surface area contributed by atoms with Gasteiger partial charge >= 0.3 is 0 Å². The van der Waals surface area contributed by atoms with Crippen molar-refractivity contribution in [3.05, 3.63) is 76.5 Å². The zero-order chi connectivity index (χ0) is 19.7. The van der Waals surface area contributed by atoms with Crippen molar-refractivity contribution in [2.24, 2.45) is 0 Å². The molecule has 2 aromatic carbocycles. The lowest BCUT2D eigenvalue weighted by Gasteiger charge is -2.34. The van der Waals surface area contributed by atoms with Crippen molar-refractivity contribution in [1.29, 1.82) is 0 Å². The van der Waals surface area contributed by atoms with E-state index in [0.29, 0.717) is 12.8 Å². The van der Waals surface area contributed by atoms with Gasteiger partial charge in [-0.2, -0.15) is 0 Å². The van der Waals surface area contributed by atoms with Gasteiger partial charge in [0, 0.05) is 34.9 Å². The first-order valence-electron chi connectivity index (χ1n) is 9.88. The first kappa shape index (κ1) is 19.0. The van der Waals surface area contributed by atoms with Crippen LogP contribution in [0.2, 0.25) is 0 Å². The van der Waals surface area contributed by atoms with E-state index in [1.807, 2.05) is 6.26 Å². The number of allylic oxidation sites excluding steroid dienone is 2. The van der Waals surface area contributed by atoms with Crippen LogP contribution in [-0.2, 0) is 16.0 Å². The average molecular weight is 392 g/mol. The van der Waals surface area contributed by atoms with Crippen LogP contribution < -0.4 is 5.32 Å². The molecule has 2 atom stereocenters. The largest absolute Gasteiger partial charge is 0.329 e. The number of carbonyl (C=O) groups is 2. The number of amides is 1. The van der Waals surface area contributed by atoms with Gasteiger partial charge in [0.25, 0.3) is 0 Å². The van der Waals surface area contributed by atoms with Crippen LogP contribution in [0.3, 0.4) is 0 Å². The van der Waals surface area contributed by atoms with E-state index in [4.69, 9.17) is 0 Å². The molecule has 2 aromatic rings. The standard InChI is InChI=1S/C24H25NO2S/c1-3-15-4-6-16(7-5-15)18-12-21-24(22(26)13-18)20(14-23(27)25-21)17-8-10-19(28-2)11-9-17/h4-11,18,20H,3,12-14H2,1-2H3,(H,25,27). The Morgan fingerprint density at radius 1 is 0.929 bits per heavy atom. The summed E-state index contributed by atoms with van der Waals surface area (Å²) in [6, 6.07) is 16.8. The Bertz CT molecular complexity index is 928. The number of carbonyl (C=O) groups excluding carboxylic acids is 2. The minimum Gasteiger partial charge on any atom is -0.329 e. The molecule has 1 heterocycles. The fourth-order valence-corrected chi connectivity index (χ4v) is 4.75. The van der Waals surface area contributed by atoms with Crippen LogP contribution in [0, 0.1) is 0 Å². The van der Waals surface area contributed by atoms with Crippen LogP contribution in [-0.4, -0.2) is 17.9 Å². The molecule has 0 fully saturated rings. The Balaban J connectivity index is 1.65. The molecule has 3 nitrogen and oxygen atoms in total. The van der Waals surface area contributed by atoms with Gasteiger partial charge in [-0.3, -0.25) is 9.59 Å². The lowest BCUT2D eigenvalue weighted by molar-refractivity contribution is -0.122. The summed E-state index contributed by atoms with van der Waals surface area (Å²) in [5, 5.41) is 3.01. The second-order valence-electron chi connectivity index (χ2n) is 7.59. The van der Waals surface area contributed by atoms with Crippen LogP contribution in [0.15, 0.2) is 64.7 Å². The number of aryl methyl sites for hydroxylation is 1. The molecule has 4 heteroatoms. The number of rotatable bonds is 4. The first-order valence-corrected chi connectivity index (χ1v) is 11.1. The van der Waals surface area contributed by atoms with Crippen LogP contribution >= 0.6 is 11.8 Å². The summed E-state index contributed by atoms with van der Waals surface area (Å²) in [6.45, 7) is 2.14. The van der Waals surface area contributed by atoms with Crippen LogP contribution in [0.25, 0.3) is 0 Å². The van der Waals surface area contributed by atoms with E-state index >= 15 is 0 Å². The molecule has 0 bridgehead atoms. The van der Waals surface area contributed by atoms with E-state index in [1.165, 1.54) is 16.0 Å². The first-order chi connectivity index (χ1) is 13.6. The molecule has 28 heavy (non-hydrogen) atoms. The predicted molar refractivity (Wildman–Crippen MR) is 114 cm³/mol. The fraction of sp³-hybridized carbons (Fsp3) is 0.333. The maximum absolute atomic E-state index is 13.1. The van der Waals surface area contributed by atoms with E-state index in [9.17, 15) is 9.59 Å². The zero-order valence-corrected chi connectivity index (χ0v) is 17.1. The predicted octanol–water partition coefficient (Wildman–Crippen LogP) is 4.98. The number of Topliss-reactive ketones (excluding diaryl/α,β-unsaturated/α-hetero) is 1. The van der Waals surface area contributed by atoms with E-state index < -0.39 is 0 Å². The van der Waals surface area contributed by atoms with Crippen molar-refractivity contribution < 1.29 is 9.59 Å². The molecule has 0 saturated carbocycles. The van der Waals surface area contributed by atoms with Crippen molar-refractivity contribution in [3.63, 3.8) is 0 Å². The average Bonchev–Trinajstić information content (AvgIpc) is 2.73. The molecule has 1 amide bonds. The van der Waals surface area contributed by atoms with Crippen LogP contribution in [0.4, 0.5) is 0 Å². The molecule has 0 spiro atoms. The molecule has 1 aliphatic heterocycles. The van der Waals surface area contributed by atoms with Gasteiger partial charge in [0.15, 0.2) is 5.78 Å². The van der Waals surface area contributed by atoms with Crippen molar-refractivity contribution in [2.75, 3.05) is 6.26 Å². The lowest BCUT2D eigenvalue weighted by atomic mass is 9.73. The second-order valence-corrected chi connectivity index (χ2v) is 8.47. The highest BCUT2D eigenvalue weighted by molar-refractivity contribution is 7.98. The lowest BCUT2D eigenvalue weighted by Crippen LogP contribution is -2.38. The number of thioether (sulfide) groups is 1. The number of hydrogen-bond acceptors (Lipinski definition) is 3. The monoisotopic (exact) mass is 391 g/mol. The Hall–Kier alpha value is -2.33. The van der Waals surface area contributed by atoms with E-state index in [0.717, 1.165) is 29.7 Å². The molecule has 2 unspecified atom stereocenters. The molecule has 0 radical (unpaired) electrons. The summed E-state index contributed by atoms with van der Waals surface area (Å²) in [7, 11) is 0. The minimum atomic E-state index is -0.129. The molecule has 2 aliphatic rings. The van der Waals surface area contributed by atoms with Gasteiger partial charge in [0.05, 0.1) is 0 Å². The molecule has 0 aromatic heterocycles. The minimum absolute atomic E-state index is 0.00692. The summed E-state index contributed by atoms with van der Waals surface area (Å²) in [5.74, 6) is 0.183. The van der Waals surface area contributed by atoms with E-state index in [-0.39, 0.29) is 23.5 Å². The highest BCUT2D eigenvalue weighted by Gasteiger charge is 2.38. The molecule has 144 valence electrons. The summed E-state index contributed by atoms with van der Waals surface area (Å²) < 4.78 is 0. The fourth-order valence-electron chi connectivity index (χ4n) is 4.34. The molecule has 1 N–H and O–H groups in total. The van der Waals surface area contributed by atoms with Crippen molar-refractivity contribution in [1.82, 2.24) is 5.32 Å². The van der Waals surface area contributed by atoms with Gasteiger partial charge in [0.1, 0.15) is 0 Å². The quantitative estimate of drug-likeness (QED) is 0.748. The van der Waals surface area contributed by atoms with Gasteiger partial charge in [-0.05, 0) is 53.8 Å². The SMILES string of the molecule is CCc1ccc(C2CC(=O)C3=C(C2)NC(=O)CC3c2ccc(SC)cc2)cc1. The molecule has 0 saturated heterocycles. The van der Waals surface area contributed by atoms with Crippen molar-refractivity contribution >= 4 is 23.5 Å². The molecular weight excluding hydrogens is 366 g/mol. The topological polar surface area (TPSA) is 46.2 Å². The summed E-state index contributed by atoms with van der Waals surface area (Å²) in [6.07, 6.45) is 4.63. The van der Waals surface area contributed by atoms with E-state index in [1.54, 1.807) is 11.8 Å². The van der Waals surface area contributed by atoms with Crippen LogP contribution in [0.5, 0.6) is 0 Å². The highest BCUT2D eigenvalue weighted by atomic mass is 32.2. The zero-order valence-electron chi connectivity index (χ0n) is 16.3. The summed E-state index contributed by atoms with van der Waals surface area (Å²) in [4.78, 5) is 26.7. The van der Waals surface area contributed by atoms with Crippen molar-refractivity contribution in [2.45, 2.75) is 49.3 Å². The number of benzene rings is 2. The Labute approximate surface area is 170 Å². The maximum Gasteiger partial charge on any atom is 0.225 e. The Morgan fingerprint density at radius 3 is 2.25 bits per heavy atom. The Kier molecular flexibility index (Phi) is 5.40.